The van der Waals surface area contributed by atoms with Gasteiger partial charge in [0, 0.05) is 28.5 Å². The molecule has 0 radical (unpaired) electrons. The third-order valence-corrected chi connectivity index (χ3v) is 4.92. The Kier molecular flexibility index (Phi) is 4.05. The summed E-state index contributed by atoms with van der Waals surface area (Å²) in [6, 6.07) is 8.29. The van der Waals surface area contributed by atoms with Crippen LogP contribution in [0.3, 0.4) is 0 Å². The van der Waals surface area contributed by atoms with Crippen LogP contribution in [0.5, 0.6) is 5.75 Å². The van der Waals surface area contributed by atoms with Crippen molar-refractivity contribution in [3.8, 4) is 5.75 Å². The van der Waals surface area contributed by atoms with Crippen LogP contribution in [-0.4, -0.2) is 34.3 Å². The van der Waals surface area contributed by atoms with Gasteiger partial charge >= 0.3 is 6.09 Å². The number of hydrogen-bond acceptors (Lipinski definition) is 2. The third-order valence-electron chi connectivity index (χ3n) is 4.25. The molecule has 2 atom stereocenters. The average molecular weight is 387 g/mol. The standard InChI is InChI=1S/C15H18INO3/c16-10-3-1-6-13(7-10)20-14-8-11-4-2-5-12(9-14)17(11)15(18)19/h1,3,6-7,11-12,14H,2,4-5,8-9H2,(H,18,19). The monoisotopic (exact) mass is 387 g/mol. The summed E-state index contributed by atoms with van der Waals surface area (Å²) in [7, 11) is 0. The molecule has 2 fully saturated rings. The Balaban J connectivity index is 1.70. The lowest BCUT2D eigenvalue weighted by Gasteiger charge is -2.47. The van der Waals surface area contributed by atoms with E-state index in [1.165, 1.54) is 0 Å². The summed E-state index contributed by atoms with van der Waals surface area (Å²) in [5, 5.41) is 9.34. The van der Waals surface area contributed by atoms with Gasteiger partial charge in [-0.1, -0.05) is 6.07 Å². The van der Waals surface area contributed by atoms with Crippen LogP contribution in [0.25, 0.3) is 0 Å². The highest BCUT2D eigenvalue weighted by molar-refractivity contribution is 14.1. The van der Waals surface area contributed by atoms with Gasteiger partial charge < -0.3 is 14.7 Å². The molecule has 2 unspecified atom stereocenters. The van der Waals surface area contributed by atoms with Crippen LogP contribution in [0.4, 0.5) is 4.79 Å². The third kappa shape index (κ3) is 2.87. The number of fused-ring (bicyclic) bond motifs is 2. The second-order valence-corrected chi connectivity index (χ2v) is 6.84. The van der Waals surface area contributed by atoms with Gasteiger partial charge in [-0.25, -0.2) is 4.79 Å². The van der Waals surface area contributed by atoms with E-state index < -0.39 is 6.09 Å². The summed E-state index contributed by atoms with van der Waals surface area (Å²) in [5.41, 5.74) is 0. The molecule has 1 N–H and O–H groups in total. The quantitative estimate of drug-likeness (QED) is 0.787. The fourth-order valence-electron chi connectivity index (χ4n) is 3.47. The van der Waals surface area contributed by atoms with E-state index in [9.17, 15) is 9.90 Å². The number of amides is 1. The number of benzene rings is 1. The Morgan fingerprint density at radius 3 is 2.60 bits per heavy atom. The normalized spacial score (nSPS) is 29.1. The van der Waals surface area contributed by atoms with Crippen molar-refractivity contribution in [2.75, 3.05) is 0 Å². The van der Waals surface area contributed by atoms with Crippen molar-refractivity contribution in [3.05, 3.63) is 27.8 Å². The zero-order valence-electron chi connectivity index (χ0n) is 11.2. The number of halogens is 1. The number of hydrogen-bond donors (Lipinski definition) is 1. The van der Waals surface area contributed by atoms with Gasteiger partial charge in [0.1, 0.15) is 11.9 Å². The number of carboxylic acid groups (broad SMARTS) is 1. The highest BCUT2D eigenvalue weighted by atomic mass is 127. The second kappa shape index (κ2) is 5.79. The molecule has 2 bridgehead atoms. The van der Waals surface area contributed by atoms with Gasteiger partial charge in [-0.15, -0.1) is 0 Å². The Morgan fingerprint density at radius 1 is 1.30 bits per heavy atom. The van der Waals surface area contributed by atoms with Crippen LogP contribution < -0.4 is 4.74 Å². The van der Waals surface area contributed by atoms with Crippen molar-refractivity contribution < 1.29 is 14.6 Å². The van der Waals surface area contributed by atoms with Gasteiger partial charge in [0.25, 0.3) is 0 Å². The predicted molar refractivity (Wildman–Crippen MR) is 84.1 cm³/mol. The van der Waals surface area contributed by atoms with Crippen molar-refractivity contribution in [1.82, 2.24) is 4.90 Å². The molecule has 1 amide bonds. The van der Waals surface area contributed by atoms with Crippen molar-refractivity contribution in [2.45, 2.75) is 50.3 Å². The molecule has 4 nitrogen and oxygen atoms in total. The van der Waals surface area contributed by atoms with E-state index in [4.69, 9.17) is 4.74 Å². The van der Waals surface area contributed by atoms with Gasteiger partial charge in [0.05, 0.1) is 0 Å². The smallest absolute Gasteiger partial charge is 0.407 e. The minimum Gasteiger partial charge on any atom is -0.490 e. The maximum absolute atomic E-state index is 11.4. The first-order valence-corrected chi connectivity index (χ1v) is 8.15. The molecule has 2 aliphatic rings. The first-order chi connectivity index (χ1) is 9.63. The van der Waals surface area contributed by atoms with Crippen molar-refractivity contribution in [2.24, 2.45) is 0 Å². The number of nitrogens with zero attached hydrogens (tertiary/aromatic N) is 1. The largest absolute Gasteiger partial charge is 0.490 e. The molecule has 2 heterocycles. The topological polar surface area (TPSA) is 49.8 Å². The van der Waals surface area contributed by atoms with Crippen molar-refractivity contribution in [1.29, 1.82) is 0 Å². The lowest BCUT2D eigenvalue weighted by atomic mass is 9.83. The predicted octanol–water partition coefficient (Wildman–Crippen LogP) is 3.73. The molecule has 0 saturated carbocycles. The zero-order valence-corrected chi connectivity index (χ0v) is 13.3. The van der Waals surface area contributed by atoms with Gasteiger partial charge in [-0.2, -0.15) is 0 Å². The fraction of sp³-hybridized carbons (Fsp3) is 0.533. The Bertz CT molecular complexity index is 494. The van der Waals surface area contributed by atoms with Crippen LogP contribution in [0.1, 0.15) is 32.1 Å². The van der Waals surface area contributed by atoms with Crippen LogP contribution in [0, 0.1) is 3.57 Å². The minimum absolute atomic E-state index is 0.132. The van der Waals surface area contributed by atoms with Crippen molar-refractivity contribution >= 4 is 28.7 Å². The van der Waals surface area contributed by atoms with E-state index in [0.29, 0.717) is 0 Å². The van der Waals surface area contributed by atoms with Gasteiger partial charge in [0.15, 0.2) is 0 Å². The Morgan fingerprint density at radius 2 is 2.00 bits per heavy atom. The molecule has 0 spiro atoms. The molecule has 2 aliphatic heterocycles. The Labute approximate surface area is 132 Å². The molecule has 108 valence electrons. The molecule has 20 heavy (non-hydrogen) atoms. The minimum atomic E-state index is -0.771. The van der Waals surface area contributed by atoms with E-state index in [0.717, 1.165) is 41.4 Å². The van der Waals surface area contributed by atoms with Crippen LogP contribution >= 0.6 is 22.6 Å². The molecule has 0 aromatic heterocycles. The number of carbonyl (C=O) groups is 1. The first-order valence-electron chi connectivity index (χ1n) is 7.07. The summed E-state index contributed by atoms with van der Waals surface area (Å²) >= 11 is 2.27. The molecule has 1 aromatic carbocycles. The number of ether oxygens (including phenoxy) is 1. The summed E-state index contributed by atoms with van der Waals surface area (Å²) < 4.78 is 7.23. The van der Waals surface area contributed by atoms with Crippen LogP contribution in [0.15, 0.2) is 24.3 Å². The van der Waals surface area contributed by atoms with E-state index in [-0.39, 0.29) is 18.2 Å². The summed E-state index contributed by atoms with van der Waals surface area (Å²) in [5.74, 6) is 0.892. The zero-order chi connectivity index (χ0) is 14.1. The van der Waals surface area contributed by atoms with E-state index in [2.05, 4.69) is 22.6 Å². The van der Waals surface area contributed by atoms with E-state index in [1.54, 1.807) is 4.90 Å². The van der Waals surface area contributed by atoms with E-state index >= 15 is 0 Å². The molecule has 2 saturated heterocycles. The summed E-state index contributed by atoms with van der Waals surface area (Å²) in [6.07, 6.45) is 4.06. The summed E-state index contributed by atoms with van der Waals surface area (Å²) in [6.45, 7) is 0. The van der Waals surface area contributed by atoms with Crippen molar-refractivity contribution in [3.63, 3.8) is 0 Å². The molecule has 1 aromatic rings. The molecule has 0 aliphatic carbocycles. The molecular formula is C15H18INO3. The molecular weight excluding hydrogens is 369 g/mol. The Hall–Kier alpha value is -0.980. The van der Waals surface area contributed by atoms with Gasteiger partial charge in [-0.3, -0.25) is 0 Å². The van der Waals surface area contributed by atoms with Crippen LogP contribution in [0.2, 0.25) is 0 Å². The number of piperidine rings is 2. The maximum Gasteiger partial charge on any atom is 0.407 e. The van der Waals surface area contributed by atoms with Gasteiger partial charge in [-0.05, 0) is 60.1 Å². The molecule has 3 rings (SSSR count). The lowest BCUT2D eigenvalue weighted by molar-refractivity contribution is -0.00594. The van der Waals surface area contributed by atoms with E-state index in [1.807, 2.05) is 24.3 Å². The highest BCUT2D eigenvalue weighted by Crippen LogP contribution is 2.35. The second-order valence-electron chi connectivity index (χ2n) is 5.60. The fourth-order valence-corrected chi connectivity index (χ4v) is 3.99. The lowest BCUT2D eigenvalue weighted by Crippen LogP contribution is -2.56. The first kappa shape index (κ1) is 14.0. The number of rotatable bonds is 2. The molecule has 5 heteroatoms. The maximum atomic E-state index is 11.4. The van der Waals surface area contributed by atoms with Crippen LogP contribution in [-0.2, 0) is 0 Å². The summed E-state index contributed by atoms with van der Waals surface area (Å²) in [4.78, 5) is 13.0. The van der Waals surface area contributed by atoms with Gasteiger partial charge in [0.2, 0.25) is 0 Å². The SMILES string of the molecule is O=C(O)N1C2CCCC1CC(Oc1cccc(I)c1)C2. The highest BCUT2D eigenvalue weighted by Gasteiger charge is 2.41. The average Bonchev–Trinajstić information content (AvgIpc) is 2.37.